The molecule has 27 heavy (non-hydrogen) atoms. The van der Waals surface area contributed by atoms with Gasteiger partial charge in [0, 0.05) is 36.7 Å². The largest absolute Gasteiger partial charge is 0.360 e. The molecule has 0 bridgehead atoms. The quantitative estimate of drug-likeness (QED) is 0.692. The molecular formula is C23H27N3O. The molecule has 0 spiro atoms. The number of fused-ring (bicyclic) bond motifs is 2. The van der Waals surface area contributed by atoms with Crippen LogP contribution in [-0.2, 0) is 13.0 Å². The number of aromatic nitrogens is 1. The second-order valence-corrected chi connectivity index (χ2v) is 8.05. The molecule has 140 valence electrons. The highest BCUT2D eigenvalue weighted by Gasteiger charge is 2.27. The summed E-state index contributed by atoms with van der Waals surface area (Å²) in [6.07, 6.45) is 4.93. The van der Waals surface area contributed by atoms with Crippen molar-refractivity contribution >= 4 is 10.8 Å². The fourth-order valence-electron chi connectivity index (χ4n) is 4.78. The molecule has 0 saturated carbocycles. The molecule has 0 amide bonds. The maximum atomic E-state index is 5.75. The van der Waals surface area contributed by atoms with Gasteiger partial charge in [-0.2, -0.15) is 0 Å². The molecule has 5 rings (SSSR count). The first-order chi connectivity index (χ1) is 13.3. The zero-order valence-electron chi connectivity index (χ0n) is 16.0. The summed E-state index contributed by atoms with van der Waals surface area (Å²) in [5.41, 5.74) is 3.51. The van der Waals surface area contributed by atoms with E-state index in [9.17, 15) is 0 Å². The lowest BCUT2D eigenvalue weighted by Gasteiger charge is -2.28. The summed E-state index contributed by atoms with van der Waals surface area (Å²) in [6, 6.07) is 15.7. The van der Waals surface area contributed by atoms with E-state index in [1.165, 1.54) is 47.7 Å². The van der Waals surface area contributed by atoms with Gasteiger partial charge in [-0.15, -0.1) is 0 Å². The summed E-state index contributed by atoms with van der Waals surface area (Å²) in [4.78, 5) is 5.11. The summed E-state index contributed by atoms with van der Waals surface area (Å²) in [7, 11) is 2.27. The van der Waals surface area contributed by atoms with Crippen molar-refractivity contribution < 1.29 is 4.52 Å². The second kappa shape index (κ2) is 7.10. The van der Waals surface area contributed by atoms with Gasteiger partial charge in [-0.25, -0.2) is 0 Å². The lowest BCUT2D eigenvalue weighted by molar-refractivity contribution is 0.202. The molecule has 0 N–H and O–H groups in total. The SMILES string of the molecule is CN1CCC[C@H]1CCN1CCc2onc(-c3cccc4ccccc34)c2C1. The number of hydrogen-bond acceptors (Lipinski definition) is 4. The van der Waals surface area contributed by atoms with E-state index in [-0.39, 0.29) is 0 Å². The molecule has 4 heteroatoms. The van der Waals surface area contributed by atoms with Gasteiger partial charge in [0.25, 0.3) is 0 Å². The average Bonchev–Trinajstić information content (AvgIpc) is 3.31. The molecule has 1 fully saturated rings. The molecule has 2 aromatic carbocycles. The molecule has 0 unspecified atom stereocenters. The molecule has 1 aromatic heterocycles. The first kappa shape index (κ1) is 17.0. The van der Waals surface area contributed by atoms with Gasteiger partial charge in [-0.3, -0.25) is 4.90 Å². The smallest absolute Gasteiger partial charge is 0.143 e. The summed E-state index contributed by atoms with van der Waals surface area (Å²) in [6.45, 7) is 4.45. The van der Waals surface area contributed by atoms with Crippen LogP contribution in [0.15, 0.2) is 47.0 Å². The Bertz CT molecular complexity index is 942. The lowest BCUT2D eigenvalue weighted by Crippen LogP contribution is -2.35. The zero-order valence-corrected chi connectivity index (χ0v) is 16.0. The van der Waals surface area contributed by atoms with Crippen molar-refractivity contribution in [3.05, 3.63) is 53.8 Å². The van der Waals surface area contributed by atoms with Crippen LogP contribution in [0.2, 0.25) is 0 Å². The van der Waals surface area contributed by atoms with Crippen molar-refractivity contribution in [2.75, 3.05) is 26.7 Å². The van der Waals surface area contributed by atoms with Gasteiger partial charge < -0.3 is 9.42 Å². The highest BCUT2D eigenvalue weighted by molar-refractivity contribution is 5.96. The van der Waals surface area contributed by atoms with E-state index in [1.54, 1.807) is 0 Å². The monoisotopic (exact) mass is 361 g/mol. The van der Waals surface area contributed by atoms with Crippen molar-refractivity contribution in [2.45, 2.75) is 38.3 Å². The fourth-order valence-corrected chi connectivity index (χ4v) is 4.78. The first-order valence-electron chi connectivity index (χ1n) is 10.2. The van der Waals surface area contributed by atoms with Gasteiger partial charge in [-0.1, -0.05) is 47.6 Å². The van der Waals surface area contributed by atoms with Gasteiger partial charge in [0.1, 0.15) is 11.5 Å². The minimum atomic E-state index is 0.756. The Morgan fingerprint density at radius 1 is 1.11 bits per heavy atom. The Morgan fingerprint density at radius 2 is 2.00 bits per heavy atom. The van der Waals surface area contributed by atoms with Crippen LogP contribution in [0.1, 0.15) is 30.6 Å². The van der Waals surface area contributed by atoms with E-state index < -0.39 is 0 Å². The van der Waals surface area contributed by atoms with E-state index in [2.05, 4.69) is 64.5 Å². The van der Waals surface area contributed by atoms with Crippen molar-refractivity contribution in [1.82, 2.24) is 15.0 Å². The zero-order chi connectivity index (χ0) is 18.2. The fraction of sp³-hybridized carbons (Fsp3) is 0.435. The average molecular weight is 361 g/mol. The Hall–Kier alpha value is -2.17. The number of benzene rings is 2. The summed E-state index contributed by atoms with van der Waals surface area (Å²) < 4.78 is 5.75. The van der Waals surface area contributed by atoms with Crippen molar-refractivity contribution in [3.8, 4) is 11.3 Å². The minimum absolute atomic E-state index is 0.756. The van der Waals surface area contributed by atoms with Crippen LogP contribution < -0.4 is 0 Å². The normalized spacial score (nSPS) is 21.0. The van der Waals surface area contributed by atoms with Gasteiger partial charge in [0.15, 0.2) is 0 Å². The molecule has 0 radical (unpaired) electrons. The Morgan fingerprint density at radius 3 is 2.89 bits per heavy atom. The third-order valence-electron chi connectivity index (χ3n) is 6.40. The summed E-state index contributed by atoms with van der Waals surface area (Å²) in [5.74, 6) is 1.08. The molecule has 1 saturated heterocycles. The summed E-state index contributed by atoms with van der Waals surface area (Å²) in [5, 5.41) is 7.00. The van der Waals surface area contributed by atoms with Gasteiger partial charge in [0.2, 0.25) is 0 Å². The number of hydrogen-bond donors (Lipinski definition) is 0. The topological polar surface area (TPSA) is 32.5 Å². The molecule has 0 aliphatic carbocycles. The third kappa shape index (κ3) is 3.17. The number of nitrogens with zero attached hydrogens (tertiary/aromatic N) is 3. The Balaban J connectivity index is 1.39. The first-order valence-corrected chi connectivity index (χ1v) is 10.2. The van der Waals surface area contributed by atoms with Crippen LogP contribution >= 0.6 is 0 Å². The minimum Gasteiger partial charge on any atom is -0.360 e. The molecule has 2 aliphatic rings. The van der Waals surface area contributed by atoms with Crippen LogP contribution in [0, 0.1) is 0 Å². The van der Waals surface area contributed by atoms with Gasteiger partial charge in [-0.05, 0) is 50.2 Å². The number of likely N-dealkylation sites (tertiary alicyclic amines) is 1. The predicted octanol–water partition coefficient (Wildman–Crippen LogP) is 4.34. The molecule has 1 atom stereocenters. The maximum absolute atomic E-state index is 5.75. The third-order valence-corrected chi connectivity index (χ3v) is 6.40. The Kier molecular flexibility index (Phi) is 4.46. The van der Waals surface area contributed by atoms with Crippen LogP contribution in [0.3, 0.4) is 0 Å². The van der Waals surface area contributed by atoms with E-state index in [4.69, 9.17) is 4.52 Å². The Labute approximate surface area is 160 Å². The van der Waals surface area contributed by atoms with Crippen molar-refractivity contribution in [1.29, 1.82) is 0 Å². The van der Waals surface area contributed by atoms with Gasteiger partial charge >= 0.3 is 0 Å². The van der Waals surface area contributed by atoms with Crippen LogP contribution in [0.5, 0.6) is 0 Å². The van der Waals surface area contributed by atoms with Crippen molar-refractivity contribution in [2.24, 2.45) is 0 Å². The molecular weight excluding hydrogens is 334 g/mol. The van der Waals surface area contributed by atoms with Crippen LogP contribution in [0.4, 0.5) is 0 Å². The molecule has 3 aromatic rings. The molecule has 2 aliphatic heterocycles. The van der Waals surface area contributed by atoms with Crippen LogP contribution in [-0.4, -0.2) is 47.7 Å². The maximum Gasteiger partial charge on any atom is 0.143 e. The molecule has 4 nitrogen and oxygen atoms in total. The second-order valence-electron chi connectivity index (χ2n) is 8.05. The van der Waals surface area contributed by atoms with E-state index in [1.807, 2.05) is 0 Å². The lowest BCUT2D eigenvalue weighted by atomic mass is 9.97. The van der Waals surface area contributed by atoms with Crippen molar-refractivity contribution in [3.63, 3.8) is 0 Å². The highest BCUT2D eigenvalue weighted by atomic mass is 16.5. The molecule has 3 heterocycles. The standard InChI is InChI=1S/C23H27N3O/c1-25-13-5-8-18(25)11-14-26-15-12-22-21(16-26)23(24-27-22)20-10-4-7-17-6-2-3-9-19(17)20/h2-4,6-7,9-10,18H,5,8,11-16H2,1H3/t18-/m0/s1. The number of rotatable bonds is 4. The highest BCUT2D eigenvalue weighted by Crippen LogP contribution is 2.34. The summed E-state index contributed by atoms with van der Waals surface area (Å²) >= 11 is 0. The van der Waals surface area contributed by atoms with Gasteiger partial charge in [0.05, 0.1) is 0 Å². The predicted molar refractivity (Wildman–Crippen MR) is 109 cm³/mol. The van der Waals surface area contributed by atoms with E-state index in [0.29, 0.717) is 0 Å². The van der Waals surface area contributed by atoms with E-state index >= 15 is 0 Å². The van der Waals surface area contributed by atoms with Crippen LogP contribution in [0.25, 0.3) is 22.0 Å². The van der Waals surface area contributed by atoms with E-state index in [0.717, 1.165) is 43.6 Å².